The van der Waals surface area contributed by atoms with Crippen LogP contribution in [0.1, 0.15) is 39.0 Å². The first-order valence-electron chi connectivity index (χ1n) is 9.06. The molecule has 3 rings (SSSR count). The summed E-state index contributed by atoms with van der Waals surface area (Å²) in [5.74, 6) is 0.795. The van der Waals surface area contributed by atoms with Crippen LogP contribution in [0.15, 0.2) is 17.0 Å². The van der Waals surface area contributed by atoms with Crippen molar-refractivity contribution in [3.8, 4) is 0 Å². The standard InChI is InChI=1S/C18H25Cl3N2O2S/c1-12-5-7-23(8-6-12)14-4-3-13(9-14)22(2)26(24,25)18-11-16(20)15(19)10-17(18)21/h10-14H,3-9H2,1-2H3/t13-,14+/m0/s1. The van der Waals surface area contributed by atoms with Gasteiger partial charge >= 0.3 is 0 Å². The third kappa shape index (κ3) is 4.18. The van der Waals surface area contributed by atoms with Crippen LogP contribution in [0, 0.1) is 5.92 Å². The molecule has 146 valence electrons. The van der Waals surface area contributed by atoms with Gasteiger partial charge in [-0.05, 0) is 63.2 Å². The van der Waals surface area contributed by atoms with Gasteiger partial charge in [-0.1, -0.05) is 41.7 Å². The highest BCUT2D eigenvalue weighted by molar-refractivity contribution is 7.89. The first-order valence-corrected chi connectivity index (χ1v) is 11.6. The average Bonchev–Trinajstić information content (AvgIpc) is 3.07. The SMILES string of the molecule is CC1CCN([C@@H]2CC[C@H](N(C)S(=O)(=O)c3cc(Cl)c(Cl)cc3Cl)C2)CC1. The number of halogens is 3. The Kier molecular flexibility index (Phi) is 6.48. The summed E-state index contributed by atoms with van der Waals surface area (Å²) in [6.45, 7) is 4.54. The molecule has 0 bridgehead atoms. The molecule has 2 aliphatic rings. The second-order valence-corrected chi connectivity index (χ2v) is 10.7. The fourth-order valence-electron chi connectivity index (χ4n) is 4.04. The summed E-state index contributed by atoms with van der Waals surface area (Å²) in [5, 5.41) is 0.541. The molecule has 1 heterocycles. The van der Waals surface area contributed by atoms with Crippen LogP contribution >= 0.6 is 34.8 Å². The van der Waals surface area contributed by atoms with Gasteiger partial charge in [0.05, 0.1) is 15.1 Å². The zero-order valence-corrected chi connectivity index (χ0v) is 18.2. The van der Waals surface area contributed by atoms with Crippen LogP contribution in [0.4, 0.5) is 0 Å². The molecule has 1 saturated heterocycles. The molecule has 0 N–H and O–H groups in total. The van der Waals surface area contributed by atoms with Crippen LogP contribution < -0.4 is 0 Å². The molecule has 0 amide bonds. The second kappa shape index (κ2) is 8.14. The summed E-state index contributed by atoms with van der Waals surface area (Å²) in [6.07, 6.45) is 5.23. The van der Waals surface area contributed by atoms with Gasteiger partial charge < -0.3 is 4.90 Å². The van der Waals surface area contributed by atoms with Crippen LogP contribution in [-0.4, -0.2) is 49.8 Å². The molecule has 1 saturated carbocycles. The van der Waals surface area contributed by atoms with E-state index in [1.165, 1.54) is 29.3 Å². The van der Waals surface area contributed by atoms with Gasteiger partial charge in [0, 0.05) is 19.1 Å². The van der Waals surface area contributed by atoms with E-state index in [-0.39, 0.29) is 26.0 Å². The van der Waals surface area contributed by atoms with Crippen molar-refractivity contribution < 1.29 is 8.42 Å². The number of nitrogens with zero attached hydrogens (tertiary/aromatic N) is 2. The van der Waals surface area contributed by atoms with Crippen LogP contribution in [0.25, 0.3) is 0 Å². The van der Waals surface area contributed by atoms with Crippen molar-refractivity contribution >= 4 is 44.8 Å². The van der Waals surface area contributed by atoms with Crippen molar-refractivity contribution in [3.63, 3.8) is 0 Å². The lowest BCUT2D eigenvalue weighted by molar-refractivity contribution is 0.136. The van der Waals surface area contributed by atoms with Gasteiger partial charge in [0.15, 0.2) is 0 Å². The molecule has 0 unspecified atom stereocenters. The molecule has 0 radical (unpaired) electrons. The molecule has 1 aromatic carbocycles. The van der Waals surface area contributed by atoms with Crippen LogP contribution in [0.2, 0.25) is 15.1 Å². The lowest BCUT2D eigenvalue weighted by Gasteiger charge is -2.35. The lowest BCUT2D eigenvalue weighted by Crippen LogP contribution is -2.41. The molecule has 0 spiro atoms. The number of piperidine rings is 1. The Morgan fingerprint density at radius 3 is 2.27 bits per heavy atom. The van der Waals surface area contributed by atoms with Crippen molar-refractivity contribution in [1.29, 1.82) is 0 Å². The Morgan fingerprint density at radius 2 is 1.62 bits per heavy atom. The maximum absolute atomic E-state index is 13.1. The quantitative estimate of drug-likeness (QED) is 0.625. The minimum absolute atomic E-state index is 0.0186. The van der Waals surface area contributed by atoms with Crippen molar-refractivity contribution in [1.82, 2.24) is 9.21 Å². The van der Waals surface area contributed by atoms with Crippen molar-refractivity contribution in [2.75, 3.05) is 20.1 Å². The normalized spacial score (nSPS) is 25.9. The van der Waals surface area contributed by atoms with E-state index in [0.29, 0.717) is 6.04 Å². The van der Waals surface area contributed by atoms with Gasteiger partial charge in [0.25, 0.3) is 0 Å². The van der Waals surface area contributed by atoms with Gasteiger partial charge in [0.2, 0.25) is 10.0 Å². The van der Waals surface area contributed by atoms with E-state index in [1.807, 2.05) is 0 Å². The van der Waals surface area contributed by atoms with E-state index in [4.69, 9.17) is 34.8 Å². The molecule has 1 aromatic rings. The zero-order chi connectivity index (χ0) is 19.1. The van der Waals surface area contributed by atoms with Gasteiger partial charge in [0.1, 0.15) is 4.90 Å². The minimum Gasteiger partial charge on any atom is -0.300 e. The summed E-state index contributed by atoms with van der Waals surface area (Å²) < 4.78 is 27.6. The molecule has 8 heteroatoms. The predicted octanol–water partition coefficient (Wildman–Crippen LogP) is 4.92. The van der Waals surface area contributed by atoms with Gasteiger partial charge in [-0.25, -0.2) is 8.42 Å². The maximum Gasteiger partial charge on any atom is 0.244 e. The summed E-state index contributed by atoms with van der Waals surface area (Å²) >= 11 is 18.1. The van der Waals surface area contributed by atoms with Crippen molar-refractivity contribution in [2.45, 2.75) is 56.0 Å². The molecule has 1 aliphatic carbocycles. The number of rotatable bonds is 4. The lowest BCUT2D eigenvalue weighted by atomic mass is 9.97. The number of hydrogen-bond acceptors (Lipinski definition) is 3. The Balaban J connectivity index is 1.73. The van der Waals surface area contributed by atoms with Crippen LogP contribution in [0.5, 0.6) is 0 Å². The summed E-state index contributed by atoms with van der Waals surface area (Å²) in [5.41, 5.74) is 0. The third-order valence-electron chi connectivity index (χ3n) is 5.86. The second-order valence-electron chi connectivity index (χ2n) is 7.56. The Hall–Kier alpha value is -0.0400. The first-order chi connectivity index (χ1) is 12.2. The summed E-state index contributed by atoms with van der Waals surface area (Å²) in [4.78, 5) is 2.55. The van der Waals surface area contributed by atoms with Gasteiger partial charge in [-0.15, -0.1) is 0 Å². The van der Waals surface area contributed by atoms with Crippen LogP contribution in [0.3, 0.4) is 0 Å². The zero-order valence-electron chi connectivity index (χ0n) is 15.1. The Labute approximate surface area is 171 Å². The topological polar surface area (TPSA) is 40.6 Å². The fourth-order valence-corrected chi connectivity index (χ4v) is 6.41. The minimum atomic E-state index is -3.72. The number of benzene rings is 1. The molecule has 4 nitrogen and oxygen atoms in total. The van der Waals surface area contributed by atoms with Crippen LogP contribution in [-0.2, 0) is 10.0 Å². The molecule has 2 fully saturated rings. The molecule has 2 atom stereocenters. The smallest absolute Gasteiger partial charge is 0.244 e. The molecule has 1 aliphatic heterocycles. The highest BCUT2D eigenvalue weighted by Crippen LogP contribution is 2.36. The van der Waals surface area contributed by atoms with Gasteiger partial charge in [-0.3, -0.25) is 0 Å². The van der Waals surface area contributed by atoms with Gasteiger partial charge in [-0.2, -0.15) is 4.31 Å². The maximum atomic E-state index is 13.1. The van der Waals surface area contributed by atoms with E-state index in [0.717, 1.165) is 38.3 Å². The molecular weight excluding hydrogens is 415 g/mol. The van der Waals surface area contributed by atoms with E-state index in [9.17, 15) is 8.42 Å². The summed E-state index contributed by atoms with van der Waals surface area (Å²) in [7, 11) is -2.08. The Morgan fingerprint density at radius 1 is 1.00 bits per heavy atom. The van der Waals surface area contributed by atoms with E-state index in [2.05, 4.69) is 11.8 Å². The molecule has 26 heavy (non-hydrogen) atoms. The first kappa shape index (κ1) is 20.7. The monoisotopic (exact) mass is 438 g/mol. The van der Waals surface area contributed by atoms with Crippen molar-refractivity contribution in [3.05, 3.63) is 27.2 Å². The highest BCUT2D eigenvalue weighted by Gasteiger charge is 2.37. The molecule has 0 aromatic heterocycles. The highest BCUT2D eigenvalue weighted by atomic mass is 35.5. The van der Waals surface area contributed by atoms with E-state index >= 15 is 0 Å². The largest absolute Gasteiger partial charge is 0.300 e. The van der Waals surface area contributed by atoms with E-state index in [1.54, 1.807) is 7.05 Å². The average molecular weight is 440 g/mol. The molecular formula is C18H25Cl3N2O2S. The van der Waals surface area contributed by atoms with E-state index < -0.39 is 10.0 Å². The predicted molar refractivity (Wildman–Crippen MR) is 108 cm³/mol. The number of sulfonamides is 1. The third-order valence-corrected chi connectivity index (χ3v) is 8.95. The number of likely N-dealkylation sites (tertiary alicyclic amines) is 1. The fraction of sp³-hybridized carbons (Fsp3) is 0.667. The van der Waals surface area contributed by atoms with Crippen molar-refractivity contribution in [2.24, 2.45) is 5.92 Å². The number of hydrogen-bond donors (Lipinski definition) is 0. The summed E-state index contributed by atoms with van der Waals surface area (Å²) in [6, 6.07) is 3.18. The Bertz CT molecular complexity index is 764.